The van der Waals surface area contributed by atoms with Gasteiger partial charge in [0.05, 0.1) is 74.7 Å². The molecule has 2 heterocycles. The standard InChI is InChI=1S/C82H64Cl4F6N2O20/c1-7-29-105-79(103)57(39-81(87,88)89)93-71(95)53-35-59(111-49-17-9-45(10-18-49)25-31-107-75(99)41(3)83)65-67-61(113-51-21-13-47(14-22-51)27-33-109-77(101)43(5)85)37-55-64-56(74(98)94(73(55)97)58(40-82(90,91)92)80(104)106-30-8-2)38-62(114-52-23-15-48(16-24-52)28-34-110-78(102)44(6)86)68(70(64)67)66-60(36-54(72(93)96)63(53)69(65)66)112-50-19-11-46(12-20-50)26-32-108-76(100)42(4)84/h9-24,35-38,57-58H,3-8,25-34,39-40H2,1-2H3. The Kier molecular flexibility index (Phi) is 25.6. The minimum Gasteiger partial charge on any atom is -0.464 e. The SMILES string of the molecule is C=C(Cl)C(=O)OCCc1ccc(Oc2cc3c4c(cc(Oc5ccc(CCOC(=O)C(=C)Cl)cc5)c5c6c(Oc7ccc(CCOC(=O)C(=C)Cl)cc7)cc7c8c(cc(Oc9ccc(CCOC(=O)C(=C)Cl)cc9)c(c2c45)c86)C(=O)N(C(CC(F)(F)F)C(=O)OCCC)C7=O)C(=O)N(C(CC(F)(F)F)C(=O)OCCC)C3=O)cc1. The van der Waals surface area contributed by atoms with Gasteiger partial charge in [0, 0.05) is 68.8 Å². The molecule has 0 aliphatic carbocycles. The summed E-state index contributed by atoms with van der Waals surface area (Å²) < 4.78 is 150. The molecule has 11 rings (SSSR count). The number of carbonyl (C=O) groups excluding carboxylic acids is 10. The van der Waals surface area contributed by atoms with E-state index in [9.17, 15) is 28.8 Å². The molecule has 9 aromatic rings. The first kappa shape index (κ1) is 83.2. The van der Waals surface area contributed by atoms with Crippen molar-refractivity contribution >= 4 is 149 Å². The van der Waals surface area contributed by atoms with E-state index in [0.717, 1.165) is 24.3 Å². The molecule has 0 saturated heterocycles. The number of hydrogen-bond donors (Lipinski definition) is 0. The molecule has 592 valence electrons. The Bertz CT molecular complexity index is 4810. The monoisotopic (exact) mass is 1650 g/mol. The number of amides is 4. The van der Waals surface area contributed by atoms with Gasteiger partial charge in [0.2, 0.25) is 0 Å². The lowest BCUT2D eigenvalue weighted by Gasteiger charge is -2.35. The van der Waals surface area contributed by atoms with Crippen molar-refractivity contribution in [3.63, 3.8) is 0 Å². The number of alkyl halides is 6. The molecule has 32 heteroatoms. The topological polar surface area (TPSA) is 269 Å². The number of imide groups is 2. The second-order valence-electron chi connectivity index (χ2n) is 25.8. The minimum atomic E-state index is -5.26. The first-order valence-electron chi connectivity index (χ1n) is 34.9. The van der Waals surface area contributed by atoms with E-state index in [1.54, 1.807) is 62.4 Å². The zero-order chi connectivity index (χ0) is 82.4. The fraction of sp³-hybridized carbons (Fsp3) is 0.244. The summed E-state index contributed by atoms with van der Waals surface area (Å²) in [5, 5.41) is -3.65. The molecule has 2 aliphatic rings. The summed E-state index contributed by atoms with van der Waals surface area (Å²) in [6, 6.07) is 22.7. The van der Waals surface area contributed by atoms with Gasteiger partial charge in [-0.15, -0.1) is 0 Å². The number of ether oxygens (including phenoxy) is 10. The van der Waals surface area contributed by atoms with Gasteiger partial charge < -0.3 is 47.4 Å². The van der Waals surface area contributed by atoms with Crippen molar-refractivity contribution in [2.24, 2.45) is 0 Å². The molecule has 9 aromatic carbocycles. The van der Waals surface area contributed by atoms with Gasteiger partial charge in [-0.05, 0) is 108 Å². The van der Waals surface area contributed by atoms with Crippen molar-refractivity contribution in [3.8, 4) is 46.0 Å². The van der Waals surface area contributed by atoms with Crippen LogP contribution in [0.2, 0.25) is 0 Å². The van der Waals surface area contributed by atoms with Gasteiger partial charge in [0.15, 0.2) is 0 Å². The van der Waals surface area contributed by atoms with Gasteiger partial charge in [-0.2, -0.15) is 26.3 Å². The molecule has 0 radical (unpaired) electrons. The van der Waals surface area contributed by atoms with Crippen LogP contribution in [0.25, 0.3) is 43.1 Å². The lowest BCUT2D eigenvalue weighted by Crippen LogP contribution is -2.52. The number of fused-ring (bicyclic) bond motifs is 2. The molecule has 0 bridgehead atoms. The second-order valence-corrected chi connectivity index (χ2v) is 27.6. The van der Waals surface area contributed by atoms with Crippen molar-refractivity contribution in [1.82, 2.24) is 9.80 Å². The fourth-order valence-corrected chi connectivity index (χ4v) is 13.0. The number of halogens is 10. The van der Waals surface area contributed by atoms with Gasteiger partial charge in [-0.1, -0.05) is 135 Å². The van der Waals surface area contributed by atoms with Gasteiger partial charge in [0.25, 0.3) is 23.6 Å². The van der Waals surface area contributed by atoms with Crippen LogP contribution in [0.4, 0.5) is 26.3 Å². The van der Waals surface area contributed by atoms with Crippen molar-refractivity contribution in [1.29, 1.82) is 0 Å². The van der Waals surface area contributed by atoms with Gasteiger partial charge in [-0.25, -0.2) is 28.8 Å². The highest BCUT2D eigenvalue weighted by molar-refractivity contribution is 6.46. The van der Waals surface area contributed by atoms with Crippen LogP contribution in [0.3, 0.4) is 0 Å². The molecular formula is C82H64Cl4F6N2O20. The predicted molar refractivity (Wildman–Crippen MR) is 405 cm³/mol. The highest BCUT2D eigenvalue weighted by Crippen LogP contribution is 2.58. The van der Waals surface area contributed by atoms with Crippen LogP contribution >= 0.6 is 46.4 Å². The van der Waals surface area contributed by atoms with Crippen LogP contribution in [0.1, 0.15) is 103 Å². The highest BCUT2D eigenvalue weighted by atomic mass is 35.5. The van der Waals surface area contributed by atoms with Crippen LogP contribution in [-0.4, -0.2) is 133 Å². The third kappa shape index (κ3) is 18.6. The lowest BCUT2D eigenvalue weighted by atomic mass is 9.80. The average Bonchev–Trinajstić information content (AvgIpc) is 0.670. The Balaban J connectivity index is 1.29. The van der Waals surface area contributed by atoms with E-state index in [4.69, 9.17) is 93.8 Å². The zero-order valence-electron chi connectivity index (χ0n) is 60.3. The lowest BCUT2D eigenvalue weighted by molar-refractivity contribution is -0.166. The first-order valence-corrected chi connectivity index (χ1v) is 36.4. The summed E-state index contributed by atoms with van der Waals surface area (Å²) in [5.41, 5.74) is -0.264. The molecular weight excluding hydrogens is 1590 g/mol. The third-order valence-corrected chi connectivity index (χ3v) is 18.5. The summed E-state index contributed by atoms with van der Waals surface area (Å²) in [7, 11) is 0. The molecule has 0 N–H and O–H groups in total. The van der Waals surface area contributed by atoms with Crippen LogP contribution in [0, 0.1) is 0 Å². The van der Waals surface area contributed by atoms with E-state index in [1.165, 1.54) is 48.5 Å². The van der Waals surface area contributed by atoms with E-state index >= 15 is 45.5 Å². The summed E-state index contributed by atoms with van der Waals surface area (Å²) in [6.45, 7) is 14.9. The maximum absolute atomic E-state index is 15.9. The highest BCUT2D eigenvalue weighted by Gasteiger charge is 2.51. The minimum absolute atomic E-state index is 0.0759. The van der Waals surface area contributed by atoms with Crippen molar-refractivity contribution in [2.45, 2.75) is 89.7 Å². The van der Waals surface area contributed by atoms with Gasteiger partial charge in [-0.3, -0.25) is 29.0 Å². The Morgan fingerprint density at radius 3 is 0.754 bits per heavy atom. The molecule has 0 aromatic heterocycles. The number of esters is 6. The van der Waals surface area contributed by atoms with E-state index < -0.39 is 175 Å². The third-order valence-electron chi connectivity index (χ3n) is 17.9. The average molecular weight is 1650 g/mol. The smallest absolute Gasteiger partial charge is 0.391 e. The predicted octanol–water partition coefficient (Wildman–Crippen LogP) is 18.0. The maximum atomic E-state index is 15.9. The second kappa shape index (κ2) is 35.1. The number of benzene rings is 9. The summed E-state index contributed by atoms with van der Waals surface area (Å²) in [4.78, 5) is 142. The Morgan fingerprint density at radius 2 is 0.561 bits per heavy atom. The molecule has 4 amide bonds. The molecule has 2 atom stereocenters. The number of hydrogen-bond acceptors (Lipinski definition) is 20. The number of rotatable bonds is 34. The largest absolute Gasteiger partial charge is 0.464 e. The quantitative estimate of drug-likeness (QED) is 0.00689. The van der Waals surface area contributed by atoms with Gasteiger partial charge >= 0.3 is 48.2 Å². The van der Waals surface area contributed by atoms with E-state index in [-0.39, 0.29) is 141 Å². The molecule has 2 unspecified atom stereocenters. The maximum Gasteiger partial charge on any atom is 0.391 e. The fourth-order valence-electron chi connectivity index (χ4n) is 12.8. The number of carbonyl (C=O) groups is 10. The van der Waals surface area contributed by atoms with Crippen LogP contribution in [0.5, 0.6) is 46.0 Å². The molecule has 22 nitrogen and oxygen atoms in total. The molecule has 0 saturated carbocycles. The zero-order valence-corrected chi connectivity index (χ0v) is 63.3. The van der Waals surface area contributed by atoms with E-state index in [1.807, 2.05) is 0 Å². The van der Waals surface area contributed by atoms with Crippen molar-refractivity contribution < 1.29 is 122 Å². The normalized spacial score (nSPS) is 13.2. The summed E-state index contributed by atoms with van der Waals surface area (Å²) in [6.07, 6.45) is -14.2. The Hall–Kier alpha value is -11.7. The van der Waals surface area contributed by atoms with E-state index in [2.05, 4.69) is 26.3 Å². The molecule has 2 aliphatic heterocycles. The van der Waals surface area contributed by atoms with Crippen molar-refractivity contribution in [2.75, 3.05) is 39.6 Å². The number of nitrogens with zero attached hydrogens (tertiary/aromatic N) is 2. The molecule has 0 spiro atoms. The summed E-state index contributed by atoms with van der Waals surface area (Å²) in [5.74, 6) is -14.9. The van der Waals surface area contributed by atoms with Crippen LogP contribution < -0.4 is 18.9 Å². The summed E-state index contributed by atoms with van der Waals surface area (Å²) >= 11 is 23.0. The first-order chi connectivity index (χ1) is 54.1. The van der Waals surface area contributed by atoms with Crippen molar-refractivity contribution in [3.05, 3.63) is 212 Å². The molecule has 114 heavy (non-hydrogen) atoms. The van der Waals surface area contributed by atoms with E-state index in [0.29, 0.717) is 22.3 Å². The Labute approximate surface area is 664 Å². The van der Waals surface area contributed by atoms with Gasteiger partial charge in [0.1, 0.15) is 78.2 Å². The van der Waals surface area contributed by atoms with Crippen LogP contribution in [0.15, 0.2) is 168 Å². The Morgan fingerprint density at radius 1 is 0.342 bits per heavy atom. The molecule has 0 fully saturated rings. The van der Waals surface area contributed by atoms with Crippen LogP contribution in [-0.2, 0) is 82.9 Å².